The van der Waals surface area contributed by atoms with Gasteiger partial charge in [0.15, 0.2) is 5.96 Å². The first-order valence-corrected chi connectivity index (χ1v) is 11.5. The van der Waals surface area contributed by atoms with E-state index in [0.29, 0.717) is 31.1 Å². The maximum absolute atomic E-state index is 12.6. The van der Waals surface area contributed by atoms with Crippen molar-refractivity contribution in [1.29, 1.82) is 0 Å². The summed E-state index contributed by atoms with van der Waals surface area (Å²) in [6.07, 6.45) is 2.48. The summed E-state index contributed by atoms with van der Waals surface area (Å²) < 4.78 is 6.08. The van der Waals surface area contributed by atoms with Crippen molar-refractivity contribution >= 4 is 41.8 Å². The number of rotatable bonds is 5. The van der Waals surface area contributed by atoms with Gasteiger partial charge in [0.25, 0.3) is 5.91 Å². The molecule has 0 spiro atoms. The second kappa shape index (κ2) is 12.5. The quantitative estimate of drug-likeness (QED) is 0.287. The smallest absolute Gasteiger partial charge is 0.254 e. The predicted molar refractivity (Wildman–Crippen MR) is 141 cm³/mol. The summed E-state index contributed by atoms with van der Waals surface area (Å²) in [7, 11) is 1.77. The van der Waals surface area contributed by atoms with Crippen LogP contribution in [0.25, 0.3) is 0 Å². The standard InChI is InChI=1S/C24H37N5O3.HI/c1-24(2,3)21-19(6-5-13-32-21)15-28-23(25-4)27-14-17-7-9-18(10-8-17)22(31)29-12-11-26-20(30)16-29;/h7-10,19,21H,5-6,11-16H2,1-4H3,(H,26,30)(H2,25,27,28);1H. The molecule has 1 aromatic rings. The number of hydrogen-bond acceptors (Lipinski definition) is 4. The van der Waals surface area contributed by atoms with Gasteiger partial charge in [0.05, 0.1) is 12.6 Å². The summed E-state index contributed by atoms with van der Waals surface area (Å²) in [5, 5.41) is 9.53. The first kappa shape index (κ1) is 27.4. The largest absolute Gasteiger partial charge is 0.377 e. The van der Waals surface area contributed by atoms with Crippen LogP contribution in [0.15, 0.2) is 29.3 Å². The van der Waals surface area contributed by atoms with Gasteiger partial charge in [-0.25, -0.2) is 0 Å². The molecule has 33 heavy (non-hydrogen) atoms. The molecule has 9 heteroatoms. The number of piperazine rings is 1. The van der Waals surface area contributed by atoms with Crippen LogP contribution >= 0.6 is 24.0 Å². The molecule has 1 aromatic carbocycles. The molecule has 2 aliphatic rings. The molecule has 0 saturated carbocycles. The van der Waals surface area contributed by atoms with Gasteiger partial charge in [-0.15, -0.1) is 24.0 Å². The van der Waals surface area contributed by atoms with Crippen LogP contribution in [0.4, 0.5) is 0 Å². The van der Waals surface area contributed by atoms with Crippen molar-refractivity contribution in [1.82, 2.24) is 20.9 Å². The Morgan fingerprint density at radius 3 is 2.61 bits per heavy atom. The lowest BCUT2D eigenvalue weighted by molar-refractivity contribution is -0.123. The van der Waals surface area contributed by atoms with Gasteiger partial charge in [-0.3, -0.25) is 14.6 Å². The fourth-order valence-corrected chi connectivity index (χ4v) is 4.40. The van der Waals surface area contributed by atoms with E-state index in [0.717, 1.165) is 37.5 Å². The molecule has 2 fully saturated rings. The number of amides is 2. The van der Waals surface area contributed by atoms with Crippen molar-refractivity contribution in [2.75, 3.05) is 39.8 Å². The molecular formula is C24H38IN5O3. The van der Waals surface area contributed by atoms with Crippen LogP contribution in [0, 0.1) is 11.3 Å². The minimum atomic E-state index is -0.113. The Bertz CT molecular complexity index is 822. The van der Waals surface area contributed by atoms with Crippen molar-refractivity contribution in [3.8, 4) is 0 Å². The van der Waals surface area contributed by atoms with E-state index in [2.05, 4.69) is 41.7 Å². The van der Waals surface area contributed by atoms with Gasteiger partial charge in [-0.1, -0.05) is 32.9 Å². The van der Waals surface area contributed by atoms with Crippen LogP contribution in [-0.2, 0) is 16.1 Å². The van der Waals surface area contributed by atoms with Gasteiger partial charge in [-0.2, -0.15) is 0 Å². The number of ether oxygens (including phenoxy) is 1. The zero-order chi connectivity index (χ0) is 23.1. The lowest BCUT2D eigenvalue weighted by Gasteiger charge is -2.40. The number of nitrogens with one attached hydrogen (secondary N) is 3. The summed E-state index contributed by atoms with van der Waals surface area (Å²) in [5.74, 6) is 0.977. The number of halogens is 1. The molecule has 0 aliphatic carbocycles. The monoisotopic (exact) mass is 571 g/mol. The summed E-state index contributed by atoms with van der Waals surface area (Å²) in [6, 6.07) is 7.50. The molecule has 2 heterocycles. The Morgan fingerprint density at radius 1 is 1.24 bits per heavy atom. The van der Waals surface area contributed by atoms with Crippen LogP contribution in [-0.4, -0.2) is 68.6 Å². The fourth-order valence-electron chi connectivity index (χ4n) is 4.40. The summed E-state index contributed by atoms with van der Waals surface area (Å²) in [5.41, 5.74) is 1.76. The molecule has 2 aliphatic heterocycles. The molecule has 3 rings (SSSR count). The van der Waals surface area contributed by atoms with E-state index in [-0.39, 0.29) is 53.9 Å². The Hall–Kier alpha value is -1.88. The number of carbonyl (C=O) groups is 2. The van der Waals surface area contributed by atoms with Gasteiger partial charge in [0.1, 0.15) is 0 Å². The van der Waals surface area contributed by atoms with E-state index in [4.69, 9.17) is 4.74 Å². The first-order chi connectivity index (χ1) is 15.3. The molecule has 2 saturated heterocycles. The average Bonchev–Trinajstić information content (AvgIpc) is 2.78. The Labute approximate surface area is 214 Å². The van der Waals surface area contributed by atoms with E-state index < -0.39 is 0 Å². The summed E-state index contributed by atoms with van der Waals surface area (Å²) in [4.78, 5) is 30.0. The minimum absolute atomic E-state index is 0. The molecule has 0 aromatic heterocycles. The highest BCUT2D eigenvalue weighted by atomic mass is 127. The van der Waals surface area contributed by atoms with Gasteiger partial charge < -0.3 is 25.6 Å². The van der Waals surface area contributed by atoms with E-state index in [1.165, 1.54) is 0 Å². The van der Waals surface area contributed by atoms with Gasteiger partial charge >= 0.3 is 0 Å². The van der Waals surface area contributed by atoms with Crippen molar-refractivity contribution < 1.29 is 14.3 Å². The van der Waals surface area contributed by atoms with Crippen LogP contribution in [0.1, 0.15) is 49.5 Å². The normalized spacial score (nSPS) is 21.6. The molecule has 2 unspecified atom stereocenters. The number of carbonyl (C=O) groups excluding carboxylic acids is 2. The summed E-state index contributed by atoms with van der Waals surface area (Å²) >= 11 is 0. The van der Waals surface area contributed by atoms with Gasteiger partial charge in [-0.05, 0) is 36.0 Å². The average molecular weight is 572 g/mol. The van der Waals surface area contributed by atoms with Crippen LogP contribution in [0.5, 0.6) is 0 Å². The molecule has 184 valence electrons. The van der Waals surface area contributed by atoms with E-state index >= 15 is 0 Å². The van der Waals surface area contributed by atoms with Gasteiger partial charge in [0, 0.05) is 51.3 Å². The zero-order valence-corrected chi connectivity index (χ0v) is 22.5. The summed E-state index contributed by atoms with van der Waals surface area (Å²) in [6.45, 7) is 10.1. The highest BCUT2D eigenvalue weighted by Crippen LogP contribution is 2.33. The van der Waals surface area contributed by atoms with Crippen molar-refractivity contribution in [2.45, 2.75) is 46.3 Å². The Balaban J connectivity index is 0.00000385. The topological polar surface area (TPSA) is 95.1 Å². The fraction of sp³-hybridized carbons (Fsp3) is 0.625. The zero-order valence-electron chi connectivity index (χ0n) is 20.1. The van der Waals surface area contributed by atoms with Crippen LogP contribution < -0.4 is 16.0 Å². The van der Waals surface area contributed by atoms with E-state index in [1.807, 2.05) is 24.3 Å². The molecular weight excluding hydrogens is 533 g/mol. The first-order valence-electron chi connectivity index (χ1n) is 11.5. The van der Waals surface area contributed by atoms with Crippen molar-refractivity contribution in [2.24, 2.45) is 16.3 Å². The maximum atomic E-state index is 12.6. The third-order valence-corrected chi connectivity index (χ3v) is 6.04. The van der Waals surface area contributed by atoms with Gasteiger partial charge in [0.2, 0.25) is 5.91 Å². The molecule has 0 radical (unpaired) electrons. The highest BCUT2D eigenvalue weighted by Gasteiger charge is 2.35. The van der Waals surface area contributed by atoms with E-state index in [9.17, 15) is 9.59 Å². The molecule has 2 atom stereocenters. The highest BCUT2D eigenvalue weighted by molar-refractivity contribution is 14.0. The Morgan fingerprint density at radius 2 is 1.97 bits per heavy atom. The third-order valence-electron chi connectivity index (χ3n) is 6.04. The second-order valence-corrected chi connectivity index (χ2v) is 9.64. The Kier molecular flexibility index (Phi) is 10.4. The maximum Gasteiger partial charge on any atom is 0.254 e. The molecule has 8 nitrogen and oxygen atoms in total. The van der Waals surface area contributed by atoms with Crippen LogP contribution in [0.2, 0.25) is 0 Å². The third kappa shape index (κ3) is 7.84. The lowest BCUT2D eigenvalue weighted by atomic mass is 9.78. The van der Waals surface area contributed by atoms with Crippen molar-refractivity contribution in [3.63, 3.8) is 0 Å². The predicted octanol–water partition coefficient (Wildman–Crippen LogP) is 2.38. The minimum Gasteiger partial charge on any atom is -0.377 e. The van der Waals surface area contributed by atoms with E-state index in [1.54, 1.807) is 11.9 Å². The molecule has 3 N–H and O–H groups in total. The second-order valence-electron chi connectivity index (χ2n) is 9.64. The van der Waals surface area contributed by atoms with Crippen LogP contribution in [0.3, 0.4) is 0 Å². The molecule has 0 bridgehead atoms. The number of hydrogen-bond donors (Lipinski definition) is 3. The number of aliphatic imine (C=N–C) groups is 1. The molecule has 2 amide bonds. The SMILES string of the molecule is CN=C(NCc1ccc(C(=O)N2CCNC(=O)C2)cc1)NCC1CCCOC1C(C)(C)C.I. The number of nitrogens with zero attached hydrogens (tertiary/aromatic N) is 2. The number of benzene rings is 1. The van der Waals surface area contributed by atoms with Crippen molar-refractivity contribution in [3.05, 3.63) is 35.4 Å². The lowest BCUT2D eigenvalue weighted by Crippen LogP contribution is -2.49. The number of guanidine groups is 1.